The summed E-state index contributed by atoms with van der Waals surface area (Å²) in [6.45, 7) is 3.20. The summed E-state index contributed by atoms with van der Waals surface area (Å²) in [4.78, 5) is 4.28. The quantitative estimate of drug-likeness (QED) is 0.582. The number of aliphatic imine (C=N–C) groups is 1. The van der Waals surface area contributed by atoms with Gasteiger partial charge in [-0.25, -0.2) is 0 Å². The Labute approximate surface area is 105 Å². The van der Waals surface area contributed by atoms with Crippen LogP contribution in [0.1, 0.15) is 51.9 Å². The monoisotopic (exact) mass is 237 g/mol. The molecule has 2 N–H and O–H groups in total. The molecule has 0 aliphatic heterocycles. The van der Waals surface area contributed by atoms with Crippen molar-refractivity contribution in [1.82, 2.24) is 10.6 Å². The van der Waals surface area contributed by atoms with Crippen LogP contribution in [0.25, 0.3) is 0 Å². The van der Waals surface area contributed by atoms with E-state index in [0.29, 0.717) is 6.04 Å². The number of hydrogen-bond donors (Lipinski definition) is 2. The molecule has 3 nitrogen and oxygen atoms in total. The third kappa shape index (κ3) is 3.62. The fraction of sp³-hybridized carbons (Fsp3) is 0.929. The van der Waals surface area contributed by atoms with Crippen LogP contribution in [0.4, 0.5) is 0 Å². The van der Waals surface area contributed by atoms with Gasteiger partial charge < -0.3 is 10.6 Å². The smallest absolute Gasteiger partial charge is 0.191 e. The number of nitrogens with one attached hydrogen (secondary N) is 2. The largest absolute Gasteiger partial charge is 0.356 e. The molecule has 0 aromatic rings. The molecule has 0 saturated heterocycles. The van der Waals surface area contributed by atoms with E-state index in [1.807, 2.05) is 7.05 Å². The molecule has 2 saturated carbocycles. The molecule has 0 heterocycles. The van der Waals surface area contributed by atoms with Crippen LogP contribution >= 0.6 is 0 Å². The van der Waals surface area contributed by atoms with Crippen LogP contribution in [0.5, 0.6) is 0 Å². The second kappa shape index (κ2) is 6.27. The Hall–Kier alpha value is -0.730. The molecule has 2 aliphatic rings. The summed E-state index contributed by atoms with van der Waals surface area (Å²) in [6, 6.07) is 0.696. The number of nitrogens with zero attached hydrogens (tertiary/aromatic N) is 1. The SMILES string of the molecule is CCCNC(=NC)NC1CC1C1CCCCC1. The van der Waals surface area contributed by atoms with Crippen LogP contribution in [-0.4, -0.2) is 25.6 Å². The van der Waals surface area contributed by atoms with Crippen LogP contribution in [0.3, 0.4) is 0 Å². The second-order valence-corrected chi connectivity index (χ2v) is 5.55. The van der Waals surface area contributed by atoms with E-state index in [2.05, 4.69) is 22.5 Å². The van der Waals surface area contributed by atoms with Crippen molar-refractivity contribution < 1.29 is 0 Å². The van der Waals surface area contributed by atoms with Gasteiger partial charge in [0.05, 0.1) is 0 Å². The average Bonchev–Trinajstić information content (AvgIpc) is 3.15. The standard InChI is InChI=1S/C14H27N3/c1-3-9-16-14(15-2)17-13-10-12(13)11-7-5-4-6-8-11/h11-13H,3-10H2,1-2H3,(H2,15,16,17). The fourth-order valence-corrected chi connectivity index (χ4v) is 3.08. The first-order valence-electron chi connectivity index (χ1n) is 7.32. The van der Waals surface area contributed by atoms with Crippen molar-refractivity contribution >= 4 is 5.96 Å². The van der Waals surface area contributed by atoms with Gasteiger partial charge in [-0.2, -0.15) is 0 Å². The Morgan fingerprint density at radius 2 is 2.00 bits per heavy atom. The molecule has 17 heavy (non-hydrogen) atoms. The Bertz CT molecular complexity index is 256. The van der Waals surface area contributed by atoms with Crippen LogP contribution in [0.2, 0.25) is 0 Å². The molecule has 98 valence electrons. The molecule has 2 aliphatic carbocycles. The van der Waals surface area contributed by atoms with Crippen LogP contribution in [-0.2, 0) is 0 Å². The summed E-state index contributed by atoms with van der Waals surface area (Å²) < 4.78 is 0. The van der Waals surface area contributed by atoms with Gasteiger partial charge in [0.2, 0.25) is 0 Å². The van der Waals surface area contributed by atoms with E-state index < -0.39 is 0 Å². The molecule has 2 fully saturated rings. The molecule has 0 radical (unpaired) electrons. The first-order valence-corrected chi connectivity index (χ1v) is 7.32. The van der Waals surface area contributed by atoms with Crippen LogP contribution in [0, 0.1) is 11.8 Å². The summed E-state index contributed by atoms with van der Waals surface area (Å²) in [5.41, 5.74) is 0. The van der Waals surface area contributed by atoms with Gasteiger partial charge in [-0.15, -0.1) is 0 Å². The molecule has 3 heteroatoms. The first-order chi connectivity index (χ1) is 8.35. The summed E-state index contributed by atoms with van der Waals surface area (Å²) in [5, 5.41) is 6.91. The summed E-state index contributed by atoms with van der Waals surface area (Å²) in [5.74, 6) is 2.91. The molecule has 2 rings (SSSR count). The highest BCUT2D eigenvalue weighted by atomic mass is 15.2. The van der Waals surface area contributed by atoms with Gasteiger partial charge in [-0.3, -0.25) is 4.99 Å². The summed E-state index contributed by atoms with van der Waals surface area (Å²) in [7, 11) is 1.86. The van der Waals surface area contributed by atoms with E-state index in [1.54, 1.807) is 0 Å². The van der Waals surface area contributed by atoms with Crippen molar-refractivity contribution in [2.24, 2.45) is 16.8 Å². The predicted octanol–water partition coefficient (Wildman–Crippen LogP) is 2.53. The zero-order valence-corrected chi connectivity index (χ0v) is 11.3. The highest BCUT2D eigenvalue weighted by molar-refractivity contribution is 5.80. The lowest BCUT2D eigenvalue weighted by Crippen LogP contribution is -2.39. The minimum atomic E-state index is 0.696. The van der Waals surface area contributed by atoms with E-state index in [4.69, 9.17) is 0 Å². The van der Waals surface area contributed by atoms with Gasteiger partial charge in [-0.05, 0) is 24.7 Å². The van der Waals surface area contributed by atoms with E-state index in [1.165, 1.54) is 38.5 Å². The van der Waals surface area contributed by atoms with Crippen molar-refractivity contribution in [3.63, 3.8) is 0 Å². The van der Waals surface area contributed by atoms with Gasteiger partial charge in [0.1, 0.15) is 0 Å². The lowest BCUT2D eigenvalue weighted by atomic mass is 9.85. The van der Waals surface area contributed by atoms with Crippen LogP contribution in [0.15, 0.2) is 4.99 Å². The lowest BCUT2D eigenvalue weighted by molar-refractivity contribution is 0.315. The maximum Gasteiger partial charge on any atom is 0.191 e. The Morgan fingerprint density at radius 1 is 1.24 bits per heavy atom. The Morgan fingerprint density at radius 3 is 2.65 bits per heavy atom. The molecular weight excluding hydrogens is 210 g/mol. The second-order valence-electron chi connectivity index (χ2n) is 5.55. The Balaban J connectivity index is 1.70. The summed E-state index contributed by atoms with van der Waals surface area (Å²) in [6.07, 6.45) is 9.80. The van der Waals surface area contributed by atoms with Crippen LogP contribution < -0.4 is 10.6 Å². The van der Waals surface area contributed by atoms with Gasteiger partial charge in [0, 0.05) is 19.6 Å². The van der Waals surface area contributed by atoms with E-state index in [0.717, 1.165) is 30.8 Å². The molecule has 0 aromatic heterocycles. The summed E-state index contributed by atoms with van der Waals surface area (Å²) >= 11 is 0. The molecular formula is C14H27N3. The molecule has 0 spiro atoms. The minimum Gasteiger partial charge on any atom is -0.356 e. The maximum absolute atomic E-state index is 4.28. The van der Waals surface area contributed by atoms with Crippen molar-refractivity contribution in [2.45, 2.75) is 57.9 Å². The Kier molecular flexibility index (Phi) is 4.69. The fourth-order valence-electron chi connectivity index (χ4n) is 3.08. The molecule has 2 unspecified atom stereocenters. The molecule has 2 atom stereocenters. The average molecular weight is 237 g/mol. The first kappa shape index (κ1) is 12.7. The van der Waals surface area contributed by atoms with E-state index in [-0.39, 0.29) is 0 Å². The van der Waals surface area contributed by atoms with E-state index in [9.17, 15) is 0 Å². The maximum atomic E-state index is 4.28. The van der Waals surface area contributed by atoms with Crippen molar-refractivity contribution in [3.8, 4) is 0 Å². The predicted molar refractivity (Wildman–Crippen MR) is 73.3 cm³/mol. The van der Waals surface area contributed by atoms with Crippen molar-refractivity contribution in [1.29, 1.82) is 0 Å². The van der Waals surface area contributed by atoms with Gasteiger partial charge >= 0.3 is 0 Å². The van der Waals surface area contributed by atoms with E-state index >= 15 is 0 Å². The third-order valence-electron chi connectivity index (χ3n) is 4.18. The normalized spacial score (nSPS) is 30.1. The minimum absolute atomic E-state index is 0.696. The third-order valence-corrected chi connectivity index (χ3v) is 4.18. The zero-order chi connectivity index (χ0) is 12.1. The number of rotatable bonds is 4. The highest BCUT2D eigenvalue weighted by Gasteiger charge is 2.43. The van der Waals surface area contributed by atoms with Gasteiger partial charge in [0.25, 0.3) is 0 Å². The zero-order valence-electron chi connectivity index (χ0n) is 11.3. The molecule has 0 aromatic carbocycles. The van der Waals surface area contributed by atoms with Gasteiger partial charge in [0.15, 0.2) is 5.96 Å². The molecule has 0 amide bonds. The van der Waals surface area contributed by atoms with Gasteiger partial charge in [-0.1, -0.05) is 39.0 Å². The van der Waals surface area contributed by atoms with Crippen molar-refractivity contribution in [3.05, 3.63) is 0 Å². The number of hydrogen-bond acceptors (Lipinski definition) is 1. The highest BCUT2D eigenvalue weighted by Crippen LogP contribution is 2.44. The number of guanidine groups is 1. The van der Waals surface area contributed by atoms with Crippen molar-refractivity contribution in [2.75, 3.05) is 13.6 Å². The molecule has 0 bridgehead atoms. The topological polar surface area (TPSA) is 36.4 Å². The lowest BCUT2D eigenvalue weighted by Gasteiger charge is -2.22.